The number of nitro benzene ring substituents is 1. The second-order valence-corrected chi connectivity index (χ2v) is 9.80. The van der Waals surface area contributed by atoms with Gasteiger partial charge in [-0.3, -0.25) is 14.9 Å². The number of hydrogen-bond donors (Lipinski definition) is 2. The number of phenols is 1. The number of aromatic nitrogens is 1. The molecule has 1 aliphatic rings. The van der Waals surface area contributed by atoms with E-state index in [4.69, 9.17) is 21.3 Å². The maximum absolute atomic E-state index is 11.8. The van der Waals surface area contributed by atoms with Crippen molar-refractivity contribution in [3.63, 3.8) is 0 Å². The van der Waals surface area contributed by atoms with Gasteiger partial charge in [0.05, 0.1) is 28.2 Å². The molecule has 0 saturated carbocycles. The van der Waals surface area contributed by atoms with E-state index in [2.05, 4.69) is 10.4 Å². The molecule has 1 aliphatic heterocycles. The Morgan fingerprint density at radius 3 is 2.82 bits per heavy atom. The number of hydrogen-bond acceptors (Lipinski definition) is 8. The SMILES string of the molecule is Cc1ccc(C)c(N=c2scc(-c3ccc4c(c3)NC(=O)CO4)n2N=Cc2cc(Cl)cc([N+](=O)[O-])c2O)c1. The lowest BCUT2D eigenvalue weighted by atomic mass is 10.1. The largest absolute Gasteiger partial charge is 0.502 e. The summed E-state index contributed by atoms with van der Waals surface area (Å²) < 4.78 is 7.03. The predicted molar refractivity (Wildman–Crippen MR) is 146 cm³/mol. The standard InChI is InChI=1S/C26H20ClN5O5S/c1-14-3-4-15(2)19(7-14)30-26-31(28-11-17-8-18(27)10-21(25(17)34)32(35)36)22(13-38-26)16-5-6-23-20(9-16)29-24(33)12-37-23/h3-11,13,34H,12H2,1-2H3,(H,29,33). The summed E-state index contributed by atoms with van der Waals surface area (Å²) in [6, 6.07) is 13.7. The number of rotatable bonds is 5. The van der Waals surface area contributed by atoms with Crippen molar-refractivity contribution < 1.29 is 19.6 Å². The fraction of sp³-hybridized carbons (Fsp3) is 0.115. The van der Waals surface area contributed by atoms with Crippen LogP contribution in [0.2, 0.25) is 5.02 Å². The first-order valence-corrected chi connectivity index (χ1v) is 12.6. The normalized spacial score (nSPS) is 13.3. The van der Waals surface area contributed by atoms with E-state index in [1.54, 1.807) is 16.8 Å². The number of amides is 1. The third-order valence-electron chi connectivity index (χ3n) is 5.77. The zero-order chi connectivity index (χ0) is 27.0. The molecule has 0 aliphatic carbocycles. The van der Waals surface area contributed by atoms with Crippen LogP contribution in [0.15, 0.2) is 64.0 Å². The molecule has 1 aromatic heterocycles. The van der Waals surface area contributed by atoms with Crippen molar-refractivity contribution in [3.05, 3.63) is 90.5 Å². The Morgan fingerprint density at radius 2 is 2.03 bits per heavy atom. The fourth-order valence-electron chi connectivity index (χ4n) is 3.84. The summed E-state index contributed by atoms with van der Waals surface area (Å²) in [6.07, 6.45) is 1.29. The van der Waals surface area contributed by atoms with Gasteiger partial charge in [-0.1, -0.05) is 23.7 Å². The van der Waals surface area contributed by atoms with Gasteiger partial charge in [-0.25, -0.2) is 9.67 Å². The van der Waals surface area contributed by atoms with E-state index in [1.165, 1.54) is 23.6 Å². The number of nitro groups is 1. The summed E-state index contributed by atoms with van der Waals surface area (Å²) in [5.41, 5.74) is 4.19. The van der Waals surface area contributed by atoms with Gasteiger partial charge < -0.3 is 15.2 Å². The topological polar surface area (TPSA) is 131 Å². The zero-order valence-corrected chi connectivity index (χ0v) is 21.7. The number of fused-ring (bicyclic) bond motifs is 1. The third kappa shape index (κ3) is 5.01. The first-order valence-electron chi connectivity index (χ1n) is 11.3. The molecule has 0 radical (unpaired) electrons. The number of nitrogens with zero attached hydrogens (tertiary/aromatic N) is 4. The van der Waals surface area contributed by atoms with Crippen LogP contribution in [0, 0.1) is 24.0 Å². The van der Waals surface area contributed by atoms with Crippen LogP contribution in [-0.4, -0.2) is 33.4 Å². The van der Waals surface area contributed by atoms with E-state index in [1.807, 2.05) is 43.5 Å². The number of anilines is 1. The summed E-state index contributed by atoms with van der Waals surface area (Å²) in [4.78, 5) is 27.8. The van der Waals surface area contributed by atoms with E-state index in [0.717, 1.165) is 22.9 Å². The summed E-state index contributed by atoms with van der Waals surface area (Å²) in [6.45, 7) is 3.88. The Morgan fingerprint density at radius 1 is 1.21 bits per heavy atom. The number of thiazole rings is 1. The highest BCUT2D eigenvalue weighted by molar-refractivity contribution is 7.07. The monoisotopic (exact) mass is 549 g/mol. The van der Waals surface area contributed by atoms with Gasteiger partial charge in [-0.2, -0.15) is 5.10 Å². The van der Waals surface area contributed by atoms with Crippen LogP contribution in [0.3, 0.4) is 0 Å². The molecule has 38 heavy (non-hydrogen) atoms. The molecule has 4 aromatic rings. The smallest absolute Gasteiger partial charge is 0.312 e. The molecule has 3 aromatic carbocycles. The molecule has 2 N–H and O–H groups in total. The minimum Gasteiger partial charge on any atom is -0.502 e. The van der Waals surface area contributed by atoms with Crippen LogP contribution >= 0.6 is 22.9 Å². The number of benzene rings is 3. The maximum Gasteiger partial charge on any atom is 0.312 e. The highest BCUT2D eigenvalue weighted by atomic mass is 35.5. The molecule has 0 spiro atoms. The number of aromatic hydroxyl groups is 1. The average Bonchev–Trinajstić information content (AvgIpc) is 3.28. The molecule has 12 heteroatoms. The van der Waals surface area contributed by atoms with E-state index in [9.17, 15) is 20.0 Å². The minimum absolute atomic E-state index is 0.0524. The molecule has 1 amide bonds. The lowest BCUT2D eigenvalue weighted by molar-refractivity contribution is -0.385. The number of aryl methyl sites for hydroxylation is 2. The van der Waals surface area contributed by atoms with Crippen LogP contribution in [0.4, 0.5) is 17.1 Å². The molecule has 192 valence electrons. The highest BCUT2D eigenvalue weighted by Crippen LogP contribution is 2.34. The number of halogens is 1. The molecular formula is C26H20ClN5O5S. The Bertz CT molecular complexity index is 1710. The van der Waals surface area contributed by atoms with Gasteiger partial charge in [0, 0.05) is 27.6 Å². The van der Waals surface area contributed by atoms with Gasteiger partial charge in [0.1, 0.15) is 5.75 Å². The number of ether oxygens (including phenoxy) is 1. The Kier molecular flexibility index (Phi) is 6.70. The molecule has 0 saturated heterocycles. The van der Waals surface area contributed by atoms with Crippen LogP contribution < -0.4 is 14.9 Å². The highest BCUT2D eigenvalue weighted by Gasteiger charge is 2.20. The van der Waals surface area contributed by atoms with Crippen LogP contribution in [0.25, 0.3) is 11.3 Å². The quantitative estimate of drug-likeness (QED) is 0.191. The average molecular weight is 550 g/mol. The van der Waals surface area contributed by atoms with E-state index < -0.39 is 16.4 Å². The van der Waals surface area contributed by atoms with Crippen molar-refractivity contribution in [2.24, 2.45) is 10.1 Å². The number of nitrogens with one attached hydrogen (secondary N) is 1. The van der Waals surface area contributed by atoms with Crippen molar-refractivity contribution in [2.75, 3.05) is 11.9 Å². The summed E-state index contributed by atoms with van der Waals surface area (Å²) in [7, 11) is 0. The number of phenolic OH excluding ortho intramolecular Hbond substituents is 1. The molecule has 0 bridgehead atoms. The third-order valence-corrected chi connectivity index (χ3v) is 6.80. The molecule has 2 heterocycles. The van der Waals surface area contributed by atoms with Gasteiger partial charge in [0.2, 0.25) is 10.6 Å². The Hall–Kier alpha value is -4.48. The zero-order valence-electron chi connectivity index (χ0n) is 20.1. The molecular weight excluding hydrogens is 530 g/mol. The van der Waals surface area contributed by atoms with Crippen molar-refractivity contribution in [3.8, 4) is 22.8 Å². The molecule has 0 unspecified atom stereocenters. The van der Waals surface area contributed by atoms with Crippen molar-refractivity contribution in [1.29, 1.82) is 0 Å². The fourth-order valence-corrected chi connectivity index (χ4v) is 4.91. The van der Waals surface area contributed by atoms with Gasteiger partial charge in [-0.05, 0) is 55.3 Å². The van der Waals surface area contributed by atoms with Crippen molar-refractivity contribution in [1.82, 2.24) is 4.68 Å². The first kappa shape index (κ1) is 25.2. The second-order valence-electron chi connectivity index (χ2n) is 8.53. The van der Waals surface area contributed by atoms with Gasteiger partial charge in [0.15, 0.2) is 6.61 Å². The second kappa shape index (κ2) is 10.1. The number of carbonyl (C=O) groups excluding carboxylic acids is 1. The van der Waals surface area contributed by atoms with Gasteiger partial charge in [-0.15, -0.1) is 11.3 Å². The Balaban J connectivity index is 1.68. The van der Waals surface area contributed by atoms with Crippen LogP contribution in [-0.2, 0) is 4.79 Å². The molecule has 5 rings (SSSR count). The van der Waals surface area contributed by atoms with Crippen LogP contribution in [0.5, 0.6) is 11.5 Å². The van der Waals surface area contributed by atoms with E-state index in [-0.39, 0.29) is 23.1 Å². The first-order chi connectivity index (χ1) is 18.2. The van der Waals surface area contributed by atoms with Gasteiger partial charge in [0.25, 0.3) is 5.91 Å². The summed E-state index contributed by atoms with van der Waals surface area (Å²) in [5.74, 6) is -0.258. The Labute approximate surface area is 225 Å². The van der Waals surface area contributed by atoms with Gasteiger partial charge >= 0.3 is 5.69 Å². The lowest BCUT2D eigenvalue weighted by Crippen LogP contribution is -2.25. The van der Waals surface area contributed by atoms with E-state index >= 15 is 0 Å². The number of carbonyl (C=O) groups is 1. The van der Waals surface area contributed by atoms with Crippen molar-refractivity contribution >= 4 is 52.1 Å². The molecule has 0 atom stereocenters. The molecule has 0 fully saturated rings. The van der Waals surface area contributed by atoms with E-state index in [0.29, 0.717) is 27.5 Å². The van der Waals surface area contributed by atoms with Crippen LogP contribution in [0.1, 0.15) is 16.7 Å². The summed E-state index contributed by atoms with van der Waals surface area (Å²) in [5, 5.41) is 31.1. The van der Waals surface area contributed by atoms with Crippen molar-refractivity contribution in [2.45, 2.75) is 13.8 Å². The summed E-state index contributed by atoms with van der Waals surface area (Å²) >= 11 is 7.39. The maximum atomic E-state index is 11.8. The minimum atomic E-state index is -0.716. The predicted octanol–water partition coefficient (Wildman–Crippen LogP) is 5.55. The molecule has 10 nitrogen and oxygen atoms in total. The lowest BCUT2D eigenvalue weighted by Gasteiger charge is -2.18.